The van der Waals surface area contributed by atoms with Crippen molar-refractivity contribution in [2.45, 2.75) is 49.8 Å². The van der Waals surface area contributed by atoms with Gasteiger partial charge in [-0.25, -0.2) is 14.4 Å². The van der Waals surface area contributed by atoms with E-state index in [2.05, 4.69) is 20.1 Å². The summed E-state index contributed by atoms with van der Waals surface area (Å²) in [5, 5.41) is 17.6. The summed E-state index contributed by atoms with van der Waals surface area (Å²) in [5.74, 6) is 0.310. The SMILES string of the molecule is C[C@]1(N=[N+]=[N-])C(n2ccc(=O)[nH]c2=O)O[C@H](COP(=O)(NC2CCOCC2)Oc2ccccc2)[C@H]1O. The molecular weight excluding hydrogens is 495 g/mol. The first-order valence-corrected chi connectivity index (χ1v) is 12.8. The number of nitrogens with zero attached hydrogens (tertiary/aromatic N) is 4. The zero-order valence-corrected chi connectivity index (χ0v) is 20.3. The number of aliphatic hydroxyl groups excluding tert-OH is 1. The van der Waals surface area contributed by atoms with E-state index in [4.69, 9.17) is 24.1 Å². The average Bonchev–Trinajstić information content (AvgIpc) is 3.09. The van der Waals surface area contributed by atoms with Gasteiger partial charge in [0.05, 0.1) is 12.7 Å². The van der Waals surface area contributed by atoms with Gasteiger partial charge >= 0.3 is 13.4 Å². The quantitative estimate of drug-likeness (QED) is 0.191. The van der Waals surface area contributed by atoms with Crippen molar-refractivity contribution in [3.05, 3.63) is 73.9 Å². The number of hydrogen-bond donors (Lipinski definition) is 3. The molecule has 14 nitrogen and oxygen atoms in total. The molecule has 36 heavy (non-hydrogen) atoms. The Kier molecular flexibility index (Phi) is 7.96. The van der Waals surface area contributed by atoms with E-state index >= 15 is 0 Å². The van der Waals surface area contributed by atoms with Crippen LogP contribution in [0.4, 0.5) is 0 Å². The molecule has 2 unspecified atom stereocenters. The number of ether oxygens (including phenoxy) is 2. The van der Waals surface area contributed by atoms with Crippen molar-refractivity contribution in [3.63, 3.8) is 0 Å². The molecule has 4 rings (SSSR count). The van der Waals surface area contributed by atoms with Gasteiger partial charge in [0, 0.05) is 36.4 Å². The molecule has 2 aliphatic heterocycles. The lowest BCUT2D eigenvalue weighted by atomic mass is 9.93. The van der Waals surface area contributed by atoms with Crippen molar-refractivity contribution >= 4 is 7.75 Å². The van der Waals surface area contributed by atoms with Gasteiger partial charge in [0.25, 0.3) is 5.56 Å². The van der Waals surface area contributed by atoms with Gasteiger partial charge in [-0.15, -0.1) is 0 Å². The van der Waals surface area contributed by atoms with Crippen LogP contribution in [0.15, 0.2) is 57.3 Å². The molecule has 0 radical (unpaired) electrons. The van der Waals surface area contributed by atoms with Crippen molar-refractivity contribution in [2.75, 3.05) is 19.8 Å². The summed E-state index contributed by atoms with van der Waals surface area (Å²) in [6.45, 7) is 1.97. The van der Waals surface area contributed by atoms with E-state index in [-0.39, 0.29) is 6.04 Å². The number of aromatic amines is 1. The lowest BCUT2D eigenvalue weighted by Crippen LogP contribution is -2.45. The van der Waals surface area contributed by atoms with Crippen LogP contribution in [0.2, 0.25) is 0 Å². The van der Waals surface area contributed by atoms with Crippen LogP contribution in [-0.4, -0.2) is 58.3 Å². The summed E-state index contributed by atoms with van der Waals surface area (Å²) < 4.78 is 37.4. The molecular formula is C21H27N6O8P. The molecule has 3 heterocycles. The van der Waals surface area contributed by atoms with Crippen LogP contribution in [0.5, 0.6) is 5.75 Å². The fraction of sp³-hybridized carbons (Fsp3) is 0.524. The molecule has 0 bridgehead atoms. The number of para-hydroxylation sites is 1. The number of aliphatic hydroxyl groups is 1. The van der Waals surface area contributed by atoms with Gasteiger partial charge in [0.2, 0.25) is 0 Å². The van der Waals surface area contributed by atoms with Crippen LogP contribution in [0.3, 0.4) is 0 Å². The van der Waals surface area contributed by atoms with Gasteiger partial charge in [-0.1, -0.05) is 23.3 Å². The maximum absolute atomic E-state index is 13.7. The minimum atomic E-state index is -3.97. The highest BCUT2D eigenvalue weighted by Crippen LogP contribution is 2.48. The first-order chi connectivity index (χ1) is 17.2. The second kappa shape index (κ2) is 11.0. The molecule has 3 N–H and O–H groups in total. The minimum absolute atomic E-state index is 0.191. The van der Waals surface area contributed by atoms with E-state index in [0.717, 1.165) is 10.6 Å². The summed E-state index contributed by atoms with van der Waals surface area (Å²) in [7, 11) is -3.97. The number of azide groups is 1. The Morgan fingerprint density at radius 2 is 2.03 bits per heavy atom. The average molecular weight is 522 g/mol. The van der Waals surface area contributed by atoms with Gasteiger partial charge in [-0.2, -0.15) is 0 Å². The molecule has 0 saturated carbocycles. The molecule has 1 aromatic heterocycles. The minimum Gasteiger partial charge on any atom is -0.413 e. The maximum atomic E-state index is 13.7. The number of benzene rings is 1. The third-order valence-corrected chi connectivity index (χ3v) is 7.68. The van der Waals surface area contributed by atoms with E-state index in [1.165, 1.54) is 13.1 Å². The summed E-state index contributed by atoms with van der Waals surface area (Å²) in [6, 6.07) is 9.37. The first kappa shape index (κ1) is 26.1. The van der Waals surface area contributed by atoms with Gasteiger partial charge in [-0.3, -0.25) is 18.9 Å². The summed E-state index contributed by atoms with van der Waals surface area (Å²) in [5.41, 5.74) is 6.01. The fourth-order valence-corrected chi connectivity index (χ4v) is 5.75. The predicted molar refractivity (Wildman–Crippen MR) is 126 cm³/mol. The van der Waals surface area contributed by atoms with Crippen LogP contribution in [0, 0.1) is 0 Å². The zero-order chi connectivity index (χ0) is 25.8. The lowest BCUT2D eigenvalue weighted by molar-refractivity contribution is -0.0458. The van der Waals surface area contributed by atoms with Gasteiger partial charge in [-0.05, 0) is 37.4 Å². The normalized spacial score (nSPS) is 28.2. The topological polar surface area (TPSA) is 190 Å². The van der Waals surface area contributed by atoms with Crippen LogP contribution in [-0.2, 0) is 18.6 Å². The smallest absolute Gasteiger partial charge is 0.413 e. The zero-order valence-electron chi connectivity index (χ0n) is 19.4. The highest BCUT2D eigenvalue weighted by Gasteiger charge is 2.54. The highest BCUT2D eigenvalue weighted by molar-refractivity contribution is 7.52. The Balaban J connectivity index is 1.56. The fourth-order valence-electron chi connectivity index (χ4n) is 4.13. The number of hydrogen-bond acceptors (Lipinski definition) is 9. The Hall–Kier alpha value is -2.96. The molecule has 0 spiro atoms. The van der Waals surface area contributed by atoms with Gasteiger partial charge in [0.15, 0.2) is 6.23 Å². The van der Waals surface area contributed by atoms with E-state index in [9.17, 15) is 19.3 Å². The highest BCUT2D eigenvalue weighted by atomic mass is 31.2. The number of rotatable bonds is 9. The monoisotopic (exact) mass is 522 g/mol. The Bertz CT molecular complexity index is 1260. The molecule has 5 atom stereocenters. The van der Waals surface area contributed by atoms with E-state index in [0.29, 0.717) is 31.8 Å². The summed E-state index contributed by atoms with van der Waals surface area (Å²) in [6.07, 6.45) is -1.53. The molecule has 2 aromatic rings. The van der Waals surface area contributed by atoms with Crippen molar-refractivity contribution in [1.82, 2.24) is 14.6 Å². The molecule has 2 fully saturated rings. The van der Waals surface area contributed by atoms with Crippen LogP contribution < -0.4 is 20.9 Å². The second-order valence-corrected chi connectivity index (χ2v) is 10.3. The maximum Gasteiger partial charge on any atom is 0.459 e. The predicted octanol–water partition coefficient (Wildman–Crippen LogP) is 1.84. The van der Waals surface area contributed by atoms with E-state index in [1.807, 2.05) is 0 Å². The largest absolute Gasteiger partial charge is 0.459 e. The van der Waals surface area contributed by atoms with E-state index < -0.39 is 49.6 Å². The molecule has 2 saturated heterocycles. The van der Waals surface area contributed by atoms with Crippen molar-refractivity contribution in [3.8, 4) is 5.75 Å². The third kappa shape index (κ3) is 5.71. The standard InChI is InChI=1S/C21H27N6O8P/c1-21(25-26-22)18(29)16(34-19(21)27-10-7-17(28)23-20(27)30)13-33-36(31,24-14-8-11-32-12-9-14)35-15-5-3-2-4-6-15/h2-7,10,14,16,18-19,29H,8-9,11-13H2,1H3,(H,24,31)(H,23,28,30)/t16-,18-,19?,21-,36?/m1/s1. The van der Waals surface area contributed by atoms with Crippen LogP contribution >= 0.6 is 7.75 Å². The Morgan fingerprint density at radius 1 is 1.31 bits per heavy atom. The summed E-state index contributed by atoms with van der Waals surface area (Å²) >= 11 is 0. The molecule has 2 aliphatic rings. The van der Waals surface area contributed by atoms with E-state index in [1.54, 1.807) is 30.3 Å². The molecule has 15 heteroatoms. The molecule has 194 valence electrons. The van der Waals surface area contributed by atoms with Crippen molar-refractivity contribution in [1.29, 1.82) is 0 Å². The number of aromatic nitrogens is 2. The molecule has 0 aliphatic carbocycles. The van der Waals surface area contributed by atoms with Gasteiger partial charge < -0.3 is 19.1 Å². The second-order valence-electron chi connectivity index (χ2n) is 8.62. The lowest BCUT2D eigenvalue weighted by Gasteiger charge is -2.29. The van der Waals surface area contributed by atoms with Crippen molar-refractivity contribution < 1.29 is 28.2 Å². The van der Waals surface area contributed by atoms with Crippen LogP contribution in [0.25, 0.3) is 10.4 Å². The van der Waals surface area contributed by atoms with Crippen molar-refractivity contribution in [2.24, 2.45) is 5.11 Å². The van der Waals surface area contributed by atoms with Gasteiger partial charge in [0.1, 0.15) is 17.4 Å². The number of H-pyrrole nitrogens is 1. The number of nitrogens with one attached hydrogen (secondary N) is 2. The Morgan fingerprint density at radius 3 is 2.69 bits per heavy atom. The van der Waals surface area contributed by atoms with Crippen LogP contribution in [0.1, 0.15) is 26.0 Å². The molecule has 0 amide bonds. The molecule has 1 aromatic carbocycles. The Labute approximate surface area is 205 Å². The third-order valence-electron chi connectivity index (χ3n) is 6.06. The summed E-state index contributed by atoms with van der Waals surface area (Å²) in [4.78, 5) is 28.7. The first-order valence-electron chi connectivity index (χ1n) is 11.3.